The van der Waals surface area contributed by atoms with E-state index < -0.39 is 18.2 Å². The normalized spacial score (nSPS) is 13.9. The van der Waals surface area contributed by atoms with Crippen LogP contribution in [-0.4, -0.2) is 46.9 Å². The Hall–Kier alpha value is -3.22. The summed E-state index contributed by atoms with van der Waals surface area (Å²) in [5, 5.41) is 23.9. The first-order valence-corrected chi connectivity index (χ1v) is 28.5. The summed E-state index contributed by atoms with van der Waals surface area (Å²) in [6.07, 6.45) is 73.2. The third-order valence-corrected chi connectivity index (χ3v) is 12.5. The number of aliphatic hydroxyl groups is 2. The second-order valence-electron chi connectivity index (χ2n) is 19.1. The van der Waals surface area contributed by atoms with E-state index in [9.17, 15) is 19.8 Å². The minimum absolute atomic E-state index is 0.0362. The molecule has 3 N–H and O–H groups in total. The van der Waals surface area contributed by atoms with Crippen molar-refractivity contribution in [2.45, 2.75) is 277 Å². The van der Waals surface area contributed by atoms with Crippen LogP contribution in [0.5, 0.6) is 0 Å². The van der Waals surface area contributed by atoms with E-state index in [0.29, 0.717) is 19.3 Å². The first-order chi connectivity index (χ1) is 33.5. The molecule has 6 heteroatoms. The van der Waals surface area contributed by atoms with Crippen molar-refractivity contribution >= 4 is 11.9 Å². The van der Waals surface area contributed by atoms with E-state index in [1.165, 1.54) is 116 Å². The van der Waals surface area contributed by atoms with Gasteiger partial charge in [-0.15, -0.1) is 0 Å². The molecule has 0 rings (SSSR count). The summed E-state index contributed by atoms with van der Waals surface area (Å²) < 4.78 is 5.93. The highest BCUT2D eigenvalue weighted by atomic mass is 16.5. The van der Waals surface area contributed by atoms with Crippen LogP contribution in [0.25, 0.3) is 0 Å². The Morgan fingerprint density at radius 3 is 1.37 bits per heavy atom. The fourth-order valence-corrected chi connectivity index (χ4v) is 8.17. The zero-order valence-electron chi connectivity index (χ0n) is 44.5. The van der Waals surface area contributed by atoms with E-state index in [1.54, 1.807) is 0 Å². The van der Waals surface area contributed by atoms with Crippen molar-refractivity contribution in [1.82, 2.24) is 5.32 Å². The lowest BCUT2D eigenvalue weighted by atomic mass is 10.0. The molecule has 3 unspecified atom stereocenters. The van der Waals surface area contributed by atoms with Crippen molar-refractivity contribution in [3.8, 4) is 0 Å². The Morgan fingerprint density at radius 2 is 0.838 bits per heavy atom. The van der Waals surface area contributed by atoms with Gasteiger partial charge in [0.05, 0.1) is 25.2 Å². The predicted molar refractivity (Wildman–Crippen MR) is 296 cm³/mol. The summed E-state index contributed by atoms with van der Waals surface area (Å²) >= 11 is 0. The number of ether oxygens (including phenoxy) is 1. The van der Waals surface area contributed by atoms with Crippen LogP contribution in [0.4, 0.5) is 0 Å². The number of carbonyl (C=O) groups excluding carboxylic acids is 2. The second kappa shape index (κ2) is 54.7. The number of unbranched alkanes of at least 4 members (excludes halogenated alkanes) is 26. The van der Waals surface area contributed by atoms with Gasteiger partial charge in [-0.25, -0.2) is 0 Å². The molecule has 0 radical (unpaired) electrons. The fourth-order valence-electron chi connectivity index (χ4n) is 8.17. The molecule has 0 fully saturated rings. The number of rotatable bonds is 50. The van der Waals surface area contributed by atoms with Crippen LogP contribution in [0.3, 0.4) is 0 Å². The quantitative estimate of drug-likeness (QED) is 0.0244. The number of carbonyl (C=O) groups is 2. The van der Waals surface area contributed by atoms with Crippen LogP contribution >= 0.6 is 0 Å². The molecular formula is C62H107NO5. The number of hydrogen-bond donors (Lipinski definition) is 3. The molecule has 0 aromatic heterocycles. The molecule has 390 valence electrons. The number of amides is 1. The highest BCUT2D eigenvalue weighted by Crippen LogP contribution is 2.17. The van der Waals surface area contributed by atoms with Gasteiger partial charge in [-0.1, -0.05) is 259 Å². The molecule has 68 heavy (non-hydrogen) atoms. The standard InChI is InChI=1S/C62H107NO5/c1-4-7-10-13-16-19-22-25-28-30-31-34-37-40-43-46-49-52-55-62(67)68-58(53-50-47-44-41-38-35-32-27-24-21-18-15-12-9-6-3)56-61(66)63-59(57-64)60(65)54-51-48-45-42-39-36-33-29-26-23-20-17-14-11-8-5-2/h10,13,16,18-19,21-22,25,27-28,30-32,34,38,41,58-60,64-65H,4-9,11-12,14-15,17,20,23-24,26,29,33,35-37,39-40,42-57H2,1-3H3,(H,63,66)/b13-10+,19-16+,21-18-,25-22+,30-28+,32-27-,34-31+,41-38-. The molecule has 0 aromatic rings. The predicted octanol–water partition coefficient (Wildman–Crippen LogP) is 17.7. The Kier molecular flexibility index (Phi) is 52.1. The molecule has 0 bridgehead atoms. The van der Waals surface area contributed by atoms with Crippen molar-refractivity contribution in [2.24, 2.45) is 0 Å². The maximum atomic E-state index is 13.3. The Bertz CT molecular complexity index is 1340. The largest absolute Gasteiger partial charge is 0.462 e. The van der Waals surface area contributed by atoms with Crippen molar-refractivity contribution < 1.29 is 24.5 Å². The lowest BCUT2D eigenvalue weighted by Gasteiger charge is -2.24. The zero-order chi connectivity index (χ0) is 49.5. The van der Waals surface area contributed by atoms with Gasteiger partial charge in [-0.05, 0) is 83.5 Å². The van der Waals surface area contributed by atoms with E-state index in [0.717, 1.165) is 96.3 Å². The molecule has 0 saturated carbocycles. The third-order valence-electron chi connectivity index (χ3n) is 12.5. The molecule has 0 spiro atoms. The van der Waals surface area contributed by atoms with Gasteiger partial charge < -0.3 is 20.3 Å². The van der Waals surface area contributed by atoms with Crippen LogP contribution in [0, 0.1) is 0 Å². The number of aliphatic hydroxyl groups excluding tert-OH is 2. The topological polar surface area (TPSA) is 95.9 Å². The smallest absolute Gasteiger partial charge is 0.306 e. The van der Waals surface area contributed by atoms with Crippen molar-refractivity contribution in [3.63, 3.8) is 0 Å². The highest BCUT2D eigenvalue weighted by molar-refractivity contribution is 5.77. The fraction of sp³-hybridized carbons (Fsp3) is 0.710. The Morgan fingerprint density at radius 1 is 0.441 bits per heavy atom. The van der Waals surface area contributed by atoms with Gasteiger partial charge >= 0.3 is 5.97 Å². The van der Waals surface area contributed by atoms with E-state index in [2.05, 4.69) is 99.0 Å². The summed E-state index contributed by atoms with van der Waals surface area (Å²) in [6.45, 7) is 6.36. The summed E-state index contributed by atoms with van der Waals surface area (Å²) in [6, 6.07) is -0.726. The average molecular weight is 947 g/mol. The van der Waals surface area contributed by atoms with Gasteiger partial charge in [0.1, 0.15) is 6.10 Å². The van der Waals surface area contributed by atoms with Gasteiger partial charge in [0.15, 0.2) is 0 Å². The van der Waals surface area contributed by atoms with E-state index in [1.807, 2.05) is 24.3 Å². The minimum atomic E-state index is -0.809. The molecule has 0 aliphatic carbocycles. The molecular weight excluding hydrogens is 839 g/mol. The van der Waals surface area contributed by atoms with Gasteiger partial charge in [0.2, 0.25) is 5.91 Å². The maximum absolute atomic E-state index is 13.3. The molecule has 0 aromatic carbocycles. The molecule has 0 heterocycles. The number of hydrogen-bond acceptors (Lipinski definition) is 5. The minimum Gasteiger partial charge on any atom is -0.462 e. The zero-order valence-corrected chi connectivity index (χ0v) is 44.5. The van der Waals surface area contributed by atoms with Crippen LogP contribution in [0.15, 0.2) is 97.2 Å². The van der Waals surface area contributed by atoms with Gasteiger partial charge in [-0.3, -0.25) is 9.59 Å². The van der Waals surface area contributed by atoms with Gasteiger partial charge in [-0.2, -0.15) is 0 Å². The molecule has 0 aliphatic rings. The molecule has 0 saturated heterocycles. The Labute approximate surface area is 420 Å². The summed E-state index contributed by atoms with van der Waals surface area (Å²) in [5.41, 5.74) is 0. The van der Waals surface area contributed by atoms with Crippen molar-refractivity contribution in [2.75, 3.05) is 6.61 Å². The maximum Gasteiger partial charge on any atom is 0.306 e. The molecule has 6 nitrogen and oxygen atoms in total. The first-order valence-electron chi connectivity index (χ1n) is 28.5. The molecule has 0 aliphatic heterocycles. The monoisotopic (exact) mass is 946 g/mol. The second-order valence-corrected chi connectivity index (χ2v) is 19.1. The van der Waals surface area contributed by atoms with Crippen LogP contribution < -0.4 is 5.32 Å². The highest BCUT2D eigenvalue weighted by Gasteiger charge is 2.24. The SMILES string of the molecule is CCC/C=C/C=C/C=C/C=C/C=C/CCCCCCCC(=O)OC(CCCC/C=C\C/C=C\C/C=C\CCCCC)CC(=O)NC(CO)C(O)CCCCCCCCCCCCCCCCCC. The van der Waals surface area contributed by atoms with Crippen molar-refractivity contribution in [3.05, 3.63) is 97.2 Å². The third kappa shape index (κ3) is 49.2. The van der Waals surface area contributed by atoms with E-state index in [4.69, 9.17) is 4.74 Å². The number of nitrogens with one attached hydrogen (secondary N) is 1. The van der Waals surface area contributed by atoms with Crippen LogP contribution in [0.2, 0.25) is 0 Å². The Balaban J connectivity index is 4.68. The number of allylic oxidation sites excluding steroid dienone is 16. The summed E-state index contributed by atoms with van der Waals surface area (Å²) in [4.78, 5) is 26.3. The van der Waals surface area contributed by atoms with Crippen molar-refractivity contribution in [1.29, 1.82) is 0 Å². The van der Waals surface area contributed by atoms with Gasteiger partial charge in [0, 0.05) is 6.42 Å². The molecule has 3 atom stereocenters. The number of esters is 1. The summed E-state index contributed by atoms with van der Waals surface area (Å²) in [5.74, 6) is -0.543. The summed E-state index contributed by atoms with van der Waals surface area (Å²) in [7, 11) is 0. The average Bonchev–Trinajstić information content (AvgIpc) is 3.33. The lowest BCUT2D eigenvalue weighted by molar-refractivity contribution is -0.151. The molecule has 1 amide bonds. The van der Waals surface area contributed by atoms with E-state index >= 15 is 0 Å². The van der Waals surface area contributed by atoms with E-state index in [-0.39, 0.29) is 24.9 Å². The first kappa shape index (κ1) is 64.8. The van der Waals surface area contributed by atoms with Crippen LogP contribution in [0.1, 0.15) is 258 Å². The van der Waals surface area contributed by atoms with Gasteiger partial charge in [0.25, 0.3) is 0 Å². The van der Waals surface area contributed by atoms with Crippen LogP contribution in [-0.2, 0) is 14.3 Å². The lowest BCUT2D eigenvalue weighted by Crippen LogP contribution is -2.46.